The van der Waals surface area contributed by atoms with Gasteiger partial charge in [-0.2, -0.15) is 0 Å². The van der Waals surface area contributed by atoms with Gasteiger partial charge < -0.3 is 10.2 Å². The zero-order valence-electron chi connectivity index (χ0n) is 12.7. The number of thioether (sulfide) groups is 1. The predicted octanol–water partition coefficient (Wildman–Crippen LogP) is 2.96. The Labute approximate surface area is 134 Å². The molecule has 0 aromatic carbocycles. The fraction of sp³-hybridized carbons (Fsp3) is 0.600. The van der Waals surface area contributed by atoms with Crippen LogP contribution in [0.1, 0.15) is 43.3 Å². The normalized spacial score (nSPS) is 23.1. The highest BCUT2D eigenvalue weighted by atomic mass is 32.2. The summed E-state index contributed by atoms with van der Waals surface area (Å²) in [6, 6.07) is 3.48. The Morgan fingerprint density at radius 3 is 2.81 bits per heavy atom. The Hall–Kier alpha value is -1.01. The Morgan fingerprint density at radius 2 is 2.24 bits per heavy atom. The van der Waals surface area contributed by atoms with Crippen LogP contribution in [0.25, 0.3) is 0 Å². The average Bonchev–Trinajstić information content (AvgIpc) is 3.15. The van der Waals surface area contributed by atoms with E-state index >= 15 is 0 Å². The minimum absolute atomic E-state index is 0.0221. The molecule has 2 rings (SSSR count). The van der Waals surface area contributed by atoms with Crippen LogP contribution in [0, 0.1) is 0 Å². The molecule has 1 N–H and O–H groups in total. The van der Waals surface area contributed by atoms with Crippen LogP contribution in [0.2, 0.25) is 0 Å². The van der Waals surface area contributed by atoms with E-state index in [1.54, 1.807) is 16.7 Å². The molecule has 1 aromatic heterocycles. The third-order valence-corrected chi connectivity index (χ3v) is 6.02. The summed E-state index contributed by atoms with van der Waals surface area (Å²) in [6.45, 7) is 6.09. The average molecular weight is 326 g/mol. The molecule has 3 atom stereocenters. The third-order valence-electron chi connectivity index (χ3n) is 3.71. The highest BCUT2D eigenvalue weighted by Crippen LogP contribution is 2.33. The largest absolute Gasteiger partial charge is 0.352 e. The number of amides is 2. The third kappa shape index (κ3) is 3.61. The molecule has 0 bridgehead atoms. The van der Waals surface area contributed by atoms with Crippen LogP contribution in [-0.4, -0.2) is 39.9 Å². The molecule has 2 amide bonds. The molecule has 1 aromatic rings. The second-order valence-electron chi connectivity index (χ2n) is 5.22. The van der Waals surface area contributed by atoms with Crippen LogP contribution in [-0.2, 0) is 4.79 Å². The predicted molar refractivity (Wildman–Crippen MR) is 88.7 cm³/mol. The quantitative estimate of drug-likeness (QED) is 0.905. The van der Waals surface area contributed by atoms with E-state index in [1.165, 1.54) is 11.3 Å². The molecular formula is C15H22N2O2S2. The topological polar surface area (TPSA) is 49.4 Å². The van der Waals surface area contributed by atoms with Gasteiger partial charge in [-0.05, 0) is 31.2 Å². The Bertz CT molecular complexity index is 490. The molecule has 21 heavy (non-hydrogen) atoms. The summed E-state index contributed by atoms with van der Waals surface area (Å²) in [4.78, 5) is 27.6. The summed E-state index contributed by atoms with van der Waals surface area (Å²) in [5.74, 6) is 0.626. The van der Waals surface area contributed by atoms with E-state index in [9.17, 15) is 9.59 Å². The lowest BCUT2D eigenvalue weighted by atomic mass is 10.2. The molecule has 1 fully saturated rings. The first kappa shape index (κ1) is 16.4. The van der Waals surface area contributed by atoms with E-state index in [4.69, 9.17) is 0 Å². The fourth-order valence-electron chi connectivity index (χ4n) is 2.32. The lowest BCUT2D eigenvalue weighted by Crippen LogP contribution is -2.51. The molecule has 0 saturated carbocycles. The van der Waals surface area contributed by atoms with Gasteiger partial charge in [0.1, 0.15) is 6.04 Å². The van der Waals surface area contributed by atoms with Gasteiger partial charge >= 0.3 is 0 Å². The van der Waals surface area contributed by atoms with Crippen molar-refractivity contribution in [3.63, 3.8) is 0 Å². The van der Waals surface area contributed by atoms with Gasteiger partial charge in [0, 0.05) is 11.8 Å². The lowest BCUT2D eigenvalue weighted by Gasteiger charge is -2.28. The molecule has 2 heterocycles. The molecule has 4 nitrogen and oxygen atoms in total. The van der Waals surface area contributed by atoms with Crippen LogP contribution < -0.4 is 5.32 Å². The summed E-state index contributed by atoms with van der Waals surface area (Å²) >= 11 is 3.13. The first-order valence-corrected chi connectivity index (χ1v) is 9.29. The van der Waals surface area contributed by atoms with Gasteiger partial charge in [0.15, 0.2) is 0 Å². The number of carbonyl (C=O) groups excluding carboxylic acids is 2. The van der Waals surface area contributed by atoms with E-state index in [1.807, 2.05) is 31.4 Å². The number of nitrogens with one attached hydrogen (secondary N) is 1. The number of rotatable bonds is 5. The van der Waals surface area contributed by atoms with Gasteiger partial charge in [0.25, 0.3) is 5.91 Å². The minimum atomic E-state index is -0.358. The Kier molecular flexibility index (Phi) is 5.70. The molecule has 1 aliphatic heterocycles. The molecule has 0 aliphatic carbocycles. The van der Waals surface area contributed by atoms with Crippen LogP contribution >= 0.6 is 23.1 Å². The van der Waals surface area contributed by atoms with Crippen molar-refractivity contribution in [3.8, 4) is 0 Å². The smallest absolute Gasteiger partial charge is 0.265 e. The first-order chi connectivity index (χ1) is 10.1. The summed E-state index contributed by atoms with van der Waals surface area (Å²) in [5, 5.41) is 4.99. The van der Waals surface area contributed by atoms with Crippen molar-refractivity contribution in [2.45, 2.75) is 51.1 Å². The molecule has 1 aliphatic rings. The maximum atomic E-state index is 12.7. The maximum absolute atomic E-state index is 12.7. The summed E-state index contributed by atoms with van der Waals surface area (Å²) < 4.78 is 0. The molecule has 3 unspecified atom stereocenters. The Morgan fingerprint density at radius 1 is 1.48 bits per heavy atom. The molecular weight excluding hydrogens is 304 g/mol. The highest BCUT2D eigenvalue weighted by Gasteiger charge is 2.41. The summed E-state index contributed by atoms with van der Waals surface area (Å²) in [7, 11) is 0. The molecule has 6 heteroatoms. The van der Waals surface area contributed by atoms with Crippen molar-refractivity contribution in [2.75, 3.05) is 5.75 Å². The Balaban J connectivity index is 2.16. The van der Waals surface area contributed by atoms with Crippen molar-refractivity contribution in [3.05, 3.63) is 22.4 Å². The van der Waals surface area contributed by atoms with Crippen molar-refractivity contribution >= 4 is 34.9 Å². The number of nitrogens with zero attached hydrogens (tertiary/aromatic N) is 1. The van der Waals surface area contributed by atoms with Crippen molar-refractivity contribution in [2.24, 2.45) is 0 Å². The van der Waals surface area contributed by atoms with Crippen molar-refractivity contribution in [1.82, 2.24) is 10.2 Å². The van der Waals surface area contributed by atoms with Gasteiger partial charge in [0.2, 0.25) is 5.91 Å². The van der Waals surface area contributed by atoms with Gasteiger partial charge in [-0.3, -0.25) is 9.59 Å². The van der Waals surface area contributed by atoms with Crippen LogP contribution in [0.15, 0.2) is 17.5 Å². The van der Waals surface area contributed by atoms with E-state index in [-0.39, 0.29) is 29.3 Å². The molecule has 116 valence electrons. The van der Waals surface area contributed by atoms with Gasteiger partial charge in [0.05, 0.1) is 10.3 Å². The van der Waals surface area contributed by atoms with E-state index in [2.05, 4.69) is 12.2 Å². The standard InChI is InChI=1S/C15H22N2O2S2/c1-4-10(3)16-14(18)11-9-21-13(5-2)17(11)15(19)12-7-6-8-20-12/h6-8,10-11,13H,4-5,9H2,1-3H3,(H,16,18). The maximum Gasteiger partial charge on any atom is 0.265 e. The van der Waals surface area contributed by atoms with E-state index in [0.29, 0.717) is 10.6 Å². The van der Waals surface area contributed by atoms with Crippen molar-refractivity contribution in [1.29, 1.82) is 0 Å². The fourth-order valence-corrected chi connectivity index (χ4v) is 4.34. The number of hydrogen-bond donors (Lipinski definition) is 1. The zero-order valence-corrected chi connectivity index (χ0v) is 14.3. The monoisotopic (exact) mass is 326 g/mol. The number of thiophene rings is 1. The van der Waals surface area contributed by atoms with Gasteiger partial charge in [-0.1, -0.05) is 19.9 Å². The minimum Gasteiger partial charge on any atom is -0.352 e. The molecule has 0 radical (unpaired) electrons. The van der Waals surface area contributed by atoms with Gasteiger partial charge in [-0.15, -0.1) is 23.1 Å². The molecule has 1 saturated heterocycles. The van der Waals surface area contributed by atoms with E-state index < -0.39 is 0 Å². The lowest BCUT2D eigenvalue weighted by molar-refractivity contribution is -0.125. The summed E-state index contributed by atoms with van der Waals surface area (Å²) in [6.07, 6.45) is 1.75. The first-order valence-electron chi connectivity index (χ1n) is 7.36. The van der Waals surface area contributed by atoms with Gasteiger partial charge in [-0.25, -0.2) is 0 Å². The van der Waals surface area contributed by atoms with Crippen LogP contribution in [0.4, 0.5) is 0 Å². The zero-order chi connectivity index (χ0) is 15.4. The number of hydrogen-bond acceptors (Lipinski definition) is 4. The SMILES string of the molecule is CCC(C)NC(=O)C1CSC(CC)N1C(=O)c1cccs1. The van der Waals surface area contributed by atoms with Crippen LogP contribution in [0.5, 0.6) is 0 Å². The van der Waals surface area contributed by atoms with Crippen molar-refractivity contribution < 1.29 is 9.59 Å². The molecule has 0 spiro atoms. The van der Waals surface area contributed by atoms with E-state index in [0.717, 1.165) is 12.8 Å². The summed E-state index contributed by atoms with van der Waals surface area (Å²) in [5.41, 5.74) is 0. The number of carbonyl (C=O) groups is 2. The second-order valence-corrected chi connectivity index (χ2v) is 7.38. The highest BCUT2D eigenvalue weighted by molar-refractivity contribution is 8.00. The second kappa shape index (κ2) is 7.31. The van der Waals surface area contributed by atoms with Crippen LogP contribution in [0.3, 0.4) is 0 Å².